The zero-order chi connectivity index (χ0) is 26.8. The molecule has 0 bridgehead atoms. The molecule has 0 atom stereocenters. The van der Waals surface area contributed by atoms with Crippen LogP contribution in [-0.2, 0) is 16.1 Å². The maximum absolute atomic E-state index is 13.3. The Kier molecular flexibility index (Phi) is 7.31. The smallest absolute Gasteiger partial charge is 0.283 e. The van der Waals surface area contributed by atoms with Crippen molar-refractivity contribution in [2.75, 3.05) is 36.4 Å². The topological polar surface area (TPSA) is 73.0 Å². The average Bonchev–Trinajstić information content (AvgIpc) is 3.13. The largest absolute Gasteiger partial charge is 0.350 e. The number of aryl methyl sites for hydroxylation is 2. The Hall–Kier alpha value is -3.94. The van der Waals surface area contributed by atoms with Gasteiger partial charge in [-0.2, -0.15) is 0 Å². The third kappa shape index (κ3) is 5.21. The van der Waals surface area contributed by atoms with Gasteiger partial charge in [0.05, 0.1) is 5.69 Å². The van der Waals surface area contributed by atoms with Crippen LogP contribution in [-0.4, -0.2) is 53.7 Å². The fourth-order valence-electron chi connectivity index (χ4n) is 4.80. The number of anilines is 2. The highest BCUT2D eigenvalue weighted by molar-refractivity contribution is 6.53. The van der Waals surface area contributed by atoms with E-state index in [0.717, 1.165) is 35.7 Å². The molecule has 0 aliphatic carbocycles. The van der Waals surface area contributed by atoms with E-state index in [2.05, 4.69) is 22.3 Å². The standard InChI is InChI=1S/C30H29ClN4O3/c1-20-11-12-21(2)25(17-20)35-29(37)26(31)27(30(35)38)32-24-10-6-9-23(18-24)28(36)34-15-13-33(14-16-34)19-22-7-4-3-5-8-22/h3-12,17-18,32H,13-16,19H2,1-2H3. The van der Waals surface area contributed by atoms with Gasteiger partial charge in [-0.25, -0.2) is 4.90 Å². The first-order chi connectivity index (χ1) is 18.3. The summed E-state index contributed by atoms with van der Waals surface area (Å²) in [5, 5.41) is 2.82. The molecular formula is C30H29ClN4O3. The van der Waals surface area contributed by atoms with Crippen molar-refractivity contribution in [1.29, 1.82) is 0 Å². The van der Waals surface area contributed by atoms with E-state index in [1.807, 2.05) is 49.1 Å². The van der Waals surface area contributed by atoms with Crippen molar-refractivity contribution in [3.63, 3.8) is 0 Å². The van der Waals surface area contributed by atoms with Crippen molar-refractivity contribution in [1.82, 2.24) is 9.80 Å². The number of carbonyl (C=O) groups excluding carboxylic acids is 3. The number of piperazine rings is 1. The van der Waals surface area contributed by atoms with Gasteiger partial charge in [0.2, 0.25) is 0 Å². The summed E-state index contributed by atoms with van der Waals surface area (Å²) < 4.78 is 0. The number of nitrogens with one attached hydrogen (secondary N) is 1. The second-order valence-corrected chi connectivity index (χ2v) is 10.1. The van der Waals surface area contributed by atoms with Crippen LogP contribution >= 0.6 is 11.6 Å². The third-order valence-electron chi connectivity index (χ3n) is 6.92. The van der Waals surface area contributed by atoms with E-state index in [9.17, 15) is 14.4 Å². The monoisotopic (exact) mass is 528 g/mol. The highest BCUT2D eigenvalue weighted by Gasteiger charge is 2.39. The summed E-state index contributed by atoms with van der Waals surface area (Å²) in [5.41, 5.74) is 4.49. The number of nitrogens with zero attached hydrogens (tertiary/aromatic N) is 3. The number of hydrogen-bond acceptors (Lipinski definition) is 5. The highest BCUT2D eigenvalue weighted by Crippen LogP contribution is 2.32. The predicted octanol–water partition coefficient (Wildman–Crippen LogP) is 4.70. The van der Waals surface area contributed by atoms with E-state index < -0.39 is 11.8 Å². The summed E-state index contributed by atoms with van der Waals surface area (Å²) in [6.45, 7) is 7.47. The number of amides is 3. The summed E-state index contributed by atoms with van der Waals surface area (Å²) in [6.07, 6.45) is 0. The molecule has 0 unspecified atom stereocenters. The summed E-state index contributed by atoms with van der Waals surface area (Å²) >= 11 is 6.33. The van der Waals surface area contributed by atoms with E-state index in [-0.39, 0.29) is 16.6 Å². The third-order valence-corrected chi connectivity index (χ3v) is 7.27. The molecule has 3 aromatic carbocycles. The first-order valence-corrected chi connectivity index (χ1v) is 13.0. The van der Waals surface area contributed by atoms with Crippen molar-refractivity contribution in [2.45, 2.75) is 20.4 Å². The number of carbonyl (C=O) groups is 3. The van der Waals surface area contributed by atoms with Crippen LogP contribution in [0.1, 0.15) is 27.0 Å². The predicted molar refractivity (Wildman–Crippen MR) is 149 cm³/mol. The van der Waals surface area contributed by atoms with Crippen LogP contribution in [0, 0.1) is 13.8 Å². The fraction of sp³-hybridized carbons (Fsp3) is 0.233. The molecule has 38 heavy (non-hydrogen) atoms. The van der Waals surface area contributed by atoms with Gasteiger partial charge in [-0.3, -0.25) is 19.3 Å². The van der Waals surface area contributed by atoms with Gasteiger partial charge in [0.1, 0.15) is 10.7 Å². The minimum absolute atomic E-state index is 0.00306. The van der Waals surface area contributed by atoms with Crippen LogP contribution in [0.3, 0.4) is 0 Å². The minimum atomic E-state index is -0.575. The van der Waals surface area contributed by atoms with E-state index in [0.29, 0.717) is 30.0 Å². The lowest BCUT2D eigenvalue weighted by Gasteiger charge is -2.34. The Labute approximate surface area is 227 Å². The lowest BCUT2D eigenvalue weighted by molar-refractivity contribution is -0.120. The summed E-state index contributed by atoms with van der Waals surface area (Å²) in [6, 6.07) is 22.8. The molecule has 0 radical (unpaired) electrons. The highest BCUT2D eigenvalue weighted by atomic mass is 35.5. The molecule has 1 fully saturated rings. The first kappa shape index (κ1) is 25.7. The molecular weight excluding hydrogens is 500 g/mol. The molecule has 1 saturated heterocycles. The SMILES string of the molecule is Cc1ccc(C)c(N2C(=O)C(Cl)=C(Nc3cccc(C(=O)N4CCN(Cc5ccccc5)CC4)c3)C2=O)c1. The van der Waals surface area contributed by atoms with Crippen molar-refractivity contribution >= 4 is 40.7 Å². The van der Waals surface area contributed by atoms with Gasteiger partial charge in [0, 0.05) is 44.0 Å². The van der Waals surface area contributed by atoms with E-state index >= 15 is 0 Å². The molecule has 194 valence electrons. The first-order valence-electron chi connectivity index (χ1n) is 12.6. The van der Waals surface area contributed by atoms with Gasteiger partial charge in [-0.05, 0) is 54.8 Å². The number of imide groups is 1. The van der Waals surface area contributed by atoms with Crippen LogP contribution in [0.5, 0.6) is 0 Å². The molecule has 2 heterocycles. The fourth-order valence-corrected chi connectivity index (χ4v) is 5.01. The van der Waals surface area contributed by atoms with Crippen molar-refractivity contribution in [3.05, 3.63) is 106 Å². The van der Waals surface area contributed by atoms with E-state index in [1.54, 1.807) is 30.3 Å². The zero-order valence-electron chi connectivity index (χ0n) is 21.4. The summed E-state index contributed by atoms with van der Waals surface area (Å²) in [4.78, 5) is 44.7. The molecule has 7 nitrogen and oxygen atoms in total. The Bertz CT molecular complexity index is 1430. The molecule has 2 aliphatic heterocycles. The van der Waals surface area contributed by atoms with Crippen molar-refractivity contribution in [2.24, 2.45) is 0 Å². The number of halogens is 1. The maximum Gasteiger partial charge on any atom is 0.283 e. The lowest BCUT2D eigenvalue weighted by Crippen LogP contribution is -2.48. The summed E-state index contributed by atoms with van der Waals surface area (Å²) in [5.74, 6) is -1.17. The minimum Gasteiger partial charge on any atom is -0.350 e. The van der Waals surface area contributed by atoms with Gasteiger partial charge < -0.3 is 10.2 Å². The van der Waals surface area contributed by atoms with Gasteiger partial charge in [0.15, 0.2) is 0 Å². The molecule has 8 heteroatoms. The van der Waals surface area contributed by atoms with Crippen LogP contribution in [0.25, 0.3) is 0 Å². The molecule has 0 saturated carbocycles. The van der Waals surface area contributed by atoms with E-state index in [4.69, 9.17) is 11.6 Å². The van der Waals surface area contributed by atoms with Gasteiger partial charge in [0.25, 0.3) is 17.7 Å². The second-order valence-electron chi connectivity index (χ2n) is 9.68. The van der Waals surface area contributed by atoms with Gasteiger partial charge >= 0.3 is 0 Å². The molecule has 3 aromatic rings. The Morgan fingerprint density at radius 2 is 1.61 bits per heavy atom. The Balaban J connectivity index is 1.26. The van der Waals surface area contributed by atoms with Crippen LogP contribution in [0.15, 0.2) is 83.5 Å². The number of benzene rings is 3. The van der Waals surface area contributed by atoms with Crippen molar-refractivity contribution in [3.8, 4) is 0 Å². The average molecular weight is 529 g/mol. The molecule has 2 aliphatic rings. The Morgan fingerprint density at radius 3 is 2.34 bits per heavy atom. The zero-order valence-corrected chi connectivity index (χ0v) is 22.2. The lowest BCUT2D eigenvalue weighted by atomic mass is 10.1. The number of hydrogen-bond donors (Lipinski definition) is 1. The van der Waals surface area contributed by atoms with Gasteiger partial charge in [-0.1, -0.05) is 60.1 Å². The molecule has 3 amide bonds. The van der Waals surface area contributed by atoms with Crippen LogP contribution < -0.4 is 10.2 Å². The number of rotatable bonds is 6. The second kappa shape index (κ2) is 10.8. The molecule has 0 spiro atoms. The molecule has 1 N–H and O–H groups in total. The maximum atomic E-state index is 13.3. The normalized spacial score (nSPS) is 16.4. The molecule has 5 rings (SSSR count). The Morgan fingerprint density at radius 1 is 0.868 bits per heavy atom. The van der Waals surface area contributed by atoms with Crippen molar-refractivity contribution < 1.29 is 14.4 Å². The summed E-state index contributed by atoms with van der Waals surface area (Å²) in [7, 11) is 0. The quantitative estimate of drug-likeness (QED) is 0.470. The van der Waals surface area contributed by atoms with E-state index in [1.165, 1.54) is 5.56 Å². The molecule has 0 aromatic heterocycles. The van der Waals surface area contributed by atoms with Crippen LogP contribution in [0.2, 0.25) is 0 Å². The van der Waals surface area contributed by atoms with Crippen LogP contribution in [0.4, 0.5) is 11.4 Å². The van der Waals surface area contributed by atoms with Gasteiger partial charge in [-0.15, -0.1) is 0 Å².